The minimum atomic E-state index is -0.259. The number of hydrogen-bond acceptors (Lipinski definition) is 4. The third kappa shape index (κ3) is 3.85. The van der Waals surface area contributed by atoms with Gasteiger partial charge in [0.15, 0.2) is 0 Å². The highest BCUT2D eigenvalue weighted by atomic mass is 32.1. The van der Waals surface area contributed by atoms with E-state index >= 15 is 0 Å². The van der Waals surface area contributed by atoms with Gasteiger partial charge in [0.25, 0.3) is 0 Å². The number of rotatable bonds is 6. The van der Waals surface area contributed by atoms with Crippen molar-refractivity contribution in [2.75, 3.05) is 19.6 Å². The zero-order valence-electron chi connectivity index (χ0n) is 10.8. The van der Waals surface area contributed by atoms with E-state index < -0.39 is 0 Å². The van der Waals surface area contributed by atoms with E-state index in [4.69, 9.17) is 5.73 Å². The molecule has 3 nitrogen and oxygen atoms in total. The highest BCUT2D eigenvalue weighted by Crippen LogP contribution is 2.23. The molecule has 0 aliphatic rings. The third-order valence-electron chi connectivity index (χ3n) is 2.72. The number of hydrogen-bond donors (Lipinski definition) is 1. The Morgan fingerprint density at radius 1 is 1.38 bits per heavy atom. The van der Waals surface area contributed by atoms with Crippen molar-refractivity contribution in [2.24, 2.45) is 5.73 Å². The lowest BCUT2D eigenvalue weighted by Gasteiger charge is -2.17. The van der Waals surface area contributed by atoms with E-state index in [9.17, 15) is 0 Å². The van der Waals surface area contributed by atoms with Gasteiger partial charge in [-0.25, -0.2) is 4.98 Å². The molecule has 0 saturated carbocycles. The van der Waals surface area contributed by atoms with Crippen molar-refractivity contribution in [3.8, 4) is 0 Å². The first-order chi connectivity index (χ1) is 7.47. The van der Waals surface area contributed by atoms with Gasteiger partial charge in [-0.2, -0.15) is 0 Å². The van der Waals surface area contributed by atoms with Crippen LogP contribution in [0.25, 0.3) is 0 Å². The minimum Gasteiger partial charge on any atom is -0.321 e. The molecule has 1 rings (SSSR count). The number of nitrogens with two attached hydrogens (primary N) is 1. The Kier molecular flexibility index (Phi) is 4.89. The molecule has 0 radical (unpaired) electrons. The van der Waals surface area contributed by atoms with Crippen molar-refractivity contribution in [3.63, 3.8) is 0 Å². The van der Waals surface area contributed by atoms with Crippen LogP contribution >= 0.6 is 11.3 Å². The van der Waals surface area contributed by atoms with E-state index in [-0.39, 0.29) is 5.54 Å². The van der Waals surface area contributed by atoms with Crippen molar-refractivity contribution in [1.29, 1.82) is 0 Å². The molecule has 0 saturated heterocycles. The van der Waals surface area contributed by atoms with Crippen molar-refractivity contribution in [3.05, 3.63) is 16.1 Å². The Morgan fingerprint density at radius 3 is 2.44 bits per heavy atom. The average molecular weight is 241 g/mol. The fourth-order valence-corrected chi connectivity index (χ4v) is 2.44. The highest BCUT2D eigenvalue weighted by molar-refractivity contribution is 7.11. The molecule has 0 amide bonds. The average Bonchev–Trinajstić information content (AvgIpc) is 2.67. The van der Waals surface area contributed by atoms with Gasteiger partial charge in [-0.15, -0.1) is 11.3 Å². The van der Waals surface area contributed by atoms with Crippen LogP contribution in [0.4, 0.5) is 0 Å². The summed E-state index contributed by atoms with van der Waals surface area (Å²) in [6, 6.07) is 0. The fraction of sp³-hybridized carbons (Fsp3) is 0.750. The SMILES string of the molecule is CCN(CC)CCc1ncc(C(C)(C)N)s1. The predicted octanol–water partition coefficient (Wildman–Crippen LogP) is 2.22. The molecule has 2 N–H and O–H groups in total. The van der Waals surface area contributed by atoms with Crippen molar-refractivity contribution in [1.82, 2.24) is 9.88 Å². The largest absolute Gasteiger partial charge is 0.321 e. The summed E-state index contributed by atoms with van der Waals surface area (Å²) in [5.74, 6) is 0. The molecule has 0 fully saturated rings. The van der Waals surface area contributed by atoms with Crippen LogP contribution in [0.3, 0.4) is 0 Å². The lowest BCUT2D eigenvalue weighted by Crippen LogP contribution is -2.27. The van der Waals surface area contributed by atoms with E-state index in [0.29, 0.717) is 0 Å². The standard InChI is InChI=1S/C12H23N3S/c1-5-15(6-2)8-7-11-14-9-10(16-11)12(3,4)13/h9H,5-8,13H2,1-4H3. The third-order valence-corrected chi connectivity index (χ3v) is 4.12. The zero-order valence-corrected chi connectivity index (χ0v) is 11.6. The van der Waals surface area contributed by atoms with Gasteiger partial charge < -0.3 is 10.6 Å². The van der Waals surface area contributed by atoms with Crippen molar-refractivity contribution >= 4 is 11.3 Å². The first-order valence-electron chi connectivity index (χ1n) is 5.93. The molecule has 1 aromatic rings. The maximum Gasteiger partial charge on any atom is 0.0941 e. The summed E-state index contributed by atoms with van der Waals surface area (Å²) >= 11 is 1.74. The molecule has 0 unspecified atom stereocenters. The zero-order chi connectivity index (χ0) is 12.2. The quantitative estimate of drug-likeness (QED) is 0.830. The van der Waals surface area contributed by atoms with E-state index in [1.165, 1.54) is 9.88 Å². The Bertz CT molecular complexity index is 310. The summed E-state index contributed by atoms with van der Waals surface area (Å²) in [6.07, 6.45) is 2.95. The van der Waals surface area contributed by atoms with Gasteiger partial charge in [0.2, 0.25) is 0 Å². The van der Waals surface area contributed by atoms with Gasteiger partial charge >= 0.3 is 0 Å². The molecule has 92 valence electrons. The van der Waals surface area contributed by atoms with Crippen LogP contribution in [0.15, 0.2) is 6.20 Å². The van der Waals surface area contributed by atoms with Gasteiger partial charge in [0, 0.05) is 29.6 Å². The molecule has 16 heavy (non-hydrogen) atoms. The molecule has 1 heterocycles. The molecular weight excluding hydrogens is 218 g/mol. The molecule has 0 aromatic carbocycles. The van der Waals surface area contributed by atoms with E-state index in [1.54, 1.807) is 11.3 Å². The topological polar surface area (TPSA) is 42.2 Å². The van der Waals surface area contributed by atoms with Crippen LogP contribution in [-0.4, -0.2) is 29.5 Å². The van der Waals surface area contributed by atoms with E-state index in [0.717, 1.165) is 26.1 Å². The molecule has 0 bridgehead atoms. The monoisotopic (exact) mass is 241 g/mol. The lowest BCUT2D eigenvalue weighted by molar-refractivity contribution is 0.308. The van der Waals surface area contributed by atoms with Crippen molar-refractivity contribution < 1.29 is 0 Å². The number of nitrogens with zero attached hydrogens (tertiary/aromatic N) is 2. The number of thiazole rings is 1. The molecule has 4 heteroatoms. The van der Waals surface area contributed by atoms with Crippen LogP contribution in [0.5, 0.6) is 0 Å². The van der Waals surface area contributed by atoms with Gasteiger partial charge in [0.1, 0.15) is 0 Å². The second-order valence-electron chi connectivity index (χ2n) is 4.62. The van der Waals surface area contributed by atoms with Crippen molar-refractivity contribution in [2.45, 2.75) is 39.7 Å². The van der Waals surface area contributed by atoms with Crippen LogP contribution in [0.2, 0.25) is 0 Å². The first-order valence-corrected chi connectivity index (χ1v) is 6.75. The van der Waals surface area contributed by atoms with Crippen LogP contribution in [-0.2, 0) is 12.0 Å². The fourth-order valence-electron chi connectivity index (χ4n) is 1.52. The second kappa shape index (κ2) is 5.75. The molecular formula is C12H23N3S. The van der Waals surface area contributed by atoms with E-state index in [2.05, 4.69) is 23.7 Å². The normalized spacial score (nSPS) is 12.4. The smallest absolute Gasteiger partial charge is 0.0941 e. The van der Waals surface area contributed by atoms with Crippen LogP contribution < -0.4 is 5.73 Å². The maximum atomic E-state index is 6.04. The van der Waals surface area contributed by atoms with Gasteiger partial charge in [-0.05, 0) is 26.9 Å². The molecule has 0 atom stereocenters. The Hall–Kier alpha value is -0.450. The number of aromatic nitrogens is 1. The molecule has 0 aliphatic carbocycles. The Balaban J connectivity index is 2.53. The predicted molar refractivity (Wildman–Crippen MR) is 70.8 cm³/mol. The second-order valence-corrected chi connectivity index (χ2v) is 5.73. The highest BCUT2D eigenvalue weighted by Gasteiger charge is 2.17. The minimum absolute atomic E-state index is 0.259. The van der Waals surface area contributed by atoms with Gasteiger partial charge in [-0.3, -0.25) is 0 Å². The van der Waals surface area contributed by atoms with E-state index in [1.807, 2.05) is 20.0 Å². The van der Waals surface area contributed by atoms with Gasteiger partial charge in [-0.1, -0.05) is 13.8 Å². The van der Waals surface area contributed by atoms with Crippen LogP contribution in [0.1, 0.15) is 37.6 Å². The summed E-state index contributed by atoms with van der Waals surface area (Å²) < 4.78 is 0. The Morgan fingerprint density at radius 2 is 2.00 bits per heavy atom. The van der Waals surface area contributed by atoms with Crippen LogP contribution in [0, 0.1) is 0 Å². The molecule has 1 aromatic heterocycles. The summed E-state index contributed by atoms with van der Waals surface area (Å²) in [4.78, 5) is 8.01. The number of likely N-dealkylation sites (N-methyl/N-ethyl adjacent to an activating group) is 1. The molecule has 0 spiro atoms. The maximum absolute atomic E-state index is 6.04. The summed E-state index contributed by atoms with van der Waals surface area (Å²) in [6.45, 7) is 11.7. The van der Waals surface area contributed by atoms with Gasteiger partial charge in [0.05, 0.1) is 5.01 Å². The summed E-state index contributed by atoms with van der Waals surface area (Å²) in [7, 11) is 0. The Labute approximate surface area is 103 Å². The summed E-state index contributed by atoms with van der Waals surface area (Å²) in [5.41, 5.74) is 5.78. The summed E-state index contributed by atoms with van der Waals surface area (Å²) in [5, 5.41) is 1.19. The molecule has 0 aliphatic heterocycles. The first kappa shape index (κ1) is 13.6. The lowest BCUT2D eigenvalue weighted by atomic mass is 10.1.